The average Bonchev–Trinajstić information content (AvgIpc) is 2.50. The summed E-state index contributed by atoms with van der Waals surface area (Å²) < 4.78 is 13.2. The molecule has 1 aromatic carbocycles. The van der Waals surface area contributed by atoms with E-state index in [1.54, 1.807) is 0 Å². The molecule has 23 heavy (non-hydrogen) atoms. The van der Waals surface area contributed by atoms with E-state index in [9.17, 15) is 19.1 Å². The molecule has 0 radical (unpaired) electrons. The topological polar surface area (TPSA) is 119 Å². The van der Waals surface area contributed by atoms with Crippen molar-refractivity contribution in [1.29, 1.82) is 0 Å². The quantitative estimate of drug-likeness (QED) is 0.758. The summed E-state index contributed by atoms with van der Waals surface area (Å²) in [6.07, 6.45) is 1.16. The van der Waals surface area contributed by atoms with Crippen molar-refractivity contribution in [3.05, 3.63) is 63.2 Å². The van der Waals surface area contributed by atoms with Crippen LogP contribution in [0.1, 0.15) is 37.5 Å². The van der Waals surface area contributed by atoms with Crippen LogP contribution in [0.15, 0.2) is 24.4 Å². The SMILES string of the molecule is NC(=O)c1cnc(C(N)=O)c(Cc2ccc(F)c(Cl)c2)c1CO. The molecular formula is C15H13ClFN3O3. The van der Waals surface area contributed by atoms with Gasteiger partial charge in [-0.05, 0) is 28.8 Å². The monoisotopic (exact) mass is 337 g/mol. The Labute approximate surface area is 135 Å². The molecule has 0 saturated heterocycles. The predicted octanol–water partition coefficient (Wildman–Crippen LogP) is 1.16. The van der Waals surface area contributed by atoms with E-state index < -0.39 is 24.2 Å². The van der Waals surface area contributed by atoms with Crippen LogP contribution in [0.5, 0.6) is 0 Å². The van der Waals surface area contributed by atoms with E-state index in [2.05, 4.69) is 4.98 Å². The molecule has 0 aliphatic heterocycles. The first-order chi connectivity index (χ1) is 10.8. The first-order valence-electron chi connectivity index (χ1n) is 6.50. The second kappa shape index (κ2) is 6.72. The lowest BCUT2D eigenvalue weighted by molar-refractivity contribution is 0.0981. The zero-order chi connectivity index (χ0) is 17.1. The molecule has 0 bridgehead atoms. The maximum absolute atomic E-state index is 13.2. The summed E-state index contributed by atoms with van der Waals surface area (Å²) in [4.78, 5) is 26.9. The Bertz CT molecular complexity index is 796. The Morgan fingerprint density at radius 1 is 1.22 bits per heavy atom. The first kappa shape index (κ1) is 16.9. The van der Waals surface area contributed by atoms with Crippen molar-refractivity contribution in [2.45, 2.75) is 13.0 Å². The van der Waals surface area contributed by atoms with E-state index in [-0.39, 0.29) is 33.8 Å². The Kier molecular flexibility index (Phi) is 4.92. The summed E-state index contributed by atoms with van der Waals surface area (Å²) in [5.74, 6) is -2.20. The number of nitrogens with zero attached hydrogens (tertiary/aromatic N) is 1. The molecule has 1 heterocycles. The summed E-state index contributed by atoms with van der Waals surface area (Å²) in [5, 5.41) is 9.47. The fourth-order valence-corrected chi connectivity index (χ4v) is 2.44. The van der Waals surface area contributed by atoms with Crippen LogP contribution in [0.25, 0.3) is 0 Å². The summed E-state index contributed by atoms with van der Waals surface area (Å²) >= 11 is 5.73. The van der Waals surface area contributed by atoms with Crippen molar-refractivity contribution in [3.8, 4) is 0 Å². The molecule has 8 heteroatoms. The first-order valence-corrected chi connectivity index (χ1v) is 6.88. The number of aromatic nitrogens is 1. The highest BCUT2D eigenvalue weighted by atomic mass is 35.5. The van der Waals surface area contributed by atoms with Crippen molar-refractivity contribution < 1.29 is 19.1 Å². The molecule has 0 aliphatic carbocycles. The van der Waals surface area contributed by atoms with Crippen LogP contribution in [-0.2, 0) is 13.0 Å². The van der Waals surface area contributed by atoms with Crippen LogP contribution < -0.4 is 11.5 Å². The molecular weight excluding hydrogens is 325 g/mol. The Hall–Kier alpha value is -2.51. The Morgan fingerprint density at radius 3 is 2.43 bits per heavy atom. The number of hydrogen-bond donors (Lipinski definition) is 3. The van der Waals surface area contributed by atoms with E-state index in [0.717, 1.165) is 6.20 Å². The lowest BCUT2D eigenvalue weighted by Crippen LogP contribution is -2.22. The largest absolute Gasteiger partial charge is 0.392 e. The van der Waals surface area contributed by atoms with Crippen molar-refractivity contribution in [1.82, 2.24) is 4.98 Å². The van der Waals surface area contributed by atoms with Crippen molar-refractivity contribution in [2.75, 3.05) is 0 Å². The van der Waals surface area contributed by atoms with Crippen LogP contribution in [0.4, 0.5) is 4.39 Å². The van der Waals surface area contributed by atoms with Crippen LogP contribution >= 0.6 is 11.6 Å². The highest BCUT2D eigenvalue weighted by molar-refractivity contribution is 6.30. The number of carbonyl (C=O) groups excluding carboxylic acids is 2. The third-order valence-electron chi connectivity index (χ3n) is 3.32. The molecule has 0 spiro atoms. The molecule has 0 aliphatic rings. The molecule has 120 valence electrons. The van der Waals surface area contributed by atoms with Crippen molar-refractivity contribution in [3.63, 3.8) is 0 Å². The zero-order valence-corrected chi connectivity index (χ0v) is 12.6. The lowest BCUT2D eigenvalue weighted by Gasteiger charge is -2.14. The van der Waals surface area contributed by atoms with Gasteiger partial charge in [-0.15, -0.1) is 0 Å². The number of aliphatic hydroxyl groups excluding tert-OH is 1. The number of carbonyl (C=O) groups is 2. The number of primary amides is 2. The highest BCUT2D eigenvalue weighted by Gasteiger charge is 2.20. The van der Waals surface area contributed by atoms with Gasteiger partial charge in [0, 0.05) is 12.6 Å². The van der Waals surface area contributed by atoms with E-state index in [1.807, 2.05) is 0 Å². The van der Waals surface area contributed by atoms with Gasteiger partial charge < -0.3 is 16.6 Å². The lowest BCUT2D eigenvalue weighted by atomic mass is 9.95. The normalized spacial score (nSPS) is 10.6. The van der Waals surface area contributed by atoms with Gasteiger partial charge in [0.25, 0.3) is 11.8 Å². The molecule has 0 saturated carbocycles. The molecule has 2 aromatic rings. The number of aliphatic hydroxyl groups is 1. The van der Waals surface area contributed by atoms with Gasteiger partial charge in [0.05, 0.1) is 17.2 Å². The van der Waals surface area contributed by atoms with Gasteiger partial charge in [0.1, 0.15) is 11.5 Å². The minimum Gasteiger partial charge on any atom is -0.392 e. The van der Waals surface area contributed by atoms with Gasteiger partial charge in [0.15, 0.2) is 0 Å². The number of amides is 2. The summed E-state index contributed by atoms with van der Waals surface area (Å²) in [5.41, 5.74) is 11.4. The second-order valence-electron chi connectivity index (χ2n) is 4.79. The number of benzene rings is 1. The number of rotatable bonds is 5. The third kappa shape index (κ3) is 3.46. The number of hydrogen-bond acceptors (Lipinski definition) is 4. The number of halogens is 2. The Morgan fingerprint density at radius 2 is 1.91 bits per heavy atom. The summed E-state index contributed by atoms with van der Waals surface area (Å²) in [6.45, 7) is -0.536. The predicted molar refractivity (Wildman–Crippen MR) is 81.4 cm³/mol. The van der Waals surface area contributed by atoms with Gasteiger partial charge >= 0.3 is 0 Å². The van der Waals surface area contributed by atoms with E-state index in [4.69, 9.17) is 23.1 Å². The number of pyridine rings is 1. The van der Waals surface area contributed by atoms with E-state index in [1.165, 1.54) is 18.2 Å². The molecule has 6 nitrogen and oxygen atoms in total. The Balaban J connectivity index is 2.61. The minimum absolute atomic E-state index is 0.0132. The minimum atomic E-state index is -0.820. The van der Waals surface area contributed by atoms with Crippen molar-refractivity contribution >= 4 is 23.4 Å². The molecule has 0 unspecified atom stereocenters. The zero-order valence-electron chi connectivity index (χ0n) is 11.8. The van der Waals surface area contributed by atoms with Crippen LogP contribution in [0.2, 0.25) is 5.02 Å². The van der Waals surface area contributed by atoms with Gasteiger partial charge in [-0.25, -0.2) is 9.37 Å². The smallest absolute Gasteiger partial charge is 0.267 e. The molecule has 2 amide bonds. The van der Waals surface area contributed by atoms with Crippen LogP contribution in [0, 0.1) is 5.82 Å². The average molecular weight is 338 g/mol. The molecule has 1 aromatic heterocycles. The standard InChI is InChI=1S/C15H13ClFN3O3/c16-11-4-7(1-2-12(11)17)3-8-10(6-21)9(14(18)22)5-20-13(8)15(19)23/h1-2,4-5,21H,3,6H2,(H2,18,22)(H2,19,23). The van der Waals surface area contributed by atoms with Crippen molar-refractivity contribution in [2.24, 2.45) is 11.5 Å². The molecule has 0 atom stereocenters. The fraction of sp³-hybridized carbons (Fsp3) is 0.133. The molecule has 2 rings (SSSR count). The van der Waals surface area contributed by atoms with Crippen LogP contribution in [0.3, 0.4) is 0 Å². The maximum Gasteiger partial charge on any atom is 0.267 e. The third-order valence-corrected chi connectivity index (χ3v) is 3.61. The highest BCUT2D eigenvalue weighted by Crippen LogP contribution is 2.23. The maximum atomic E-state index is 13.2. The van der Waals surface area contributed by atoms with Gasteiger partial charge in [-0.1, -0.05) is 17.7 Å². The number of nitrogens with two attached hydrogens (primary N) is 2. The molecule has 0 fully saturated rings. The van der Waals surface area contributed by atoms with E-state index >= 15 is 0 Å². The van der Waals surface area contributed by atoms with Crippen LogP contribution in [-0.4, -0.2) is 21.9 Å². The summed E-state index contributed by atoms with van der Waals surface area (Å²) in [6, 6.07) is 4.01. The van der Waals surface area contributed by atoms with Gasteiger partial charge in [-0.3, -0.25) is 9.59 Å². The van der Waals surface area contributed by atoms with E-state index in [0.29, 0.717) is 5.56 Å². The fourth-order valence-electron chi connectivity index (χ4n) is 2.24. The summed E-state index contributed by atoms with van der Waals surface area (Å²) in [7, 11) is 0. The van der Waals surface area contributed by atoms with Gasteiger partial charge in [-0.2, -0.15) is 0 Å². The molecule has 5 N–H and O–H groups in total. The van der Waals surface area contributed by atoms with Gasteiger partial charge in [0.2, 0.25) is 0 Å². The second-order valence-corrected chi connectivity index (χ2v) is 5.20.